The molecule has 0 radical (unpaired) electrons. The van der Waals surface area contributed by atoms with Crippen molar-refractivity contribution in [1.29, 1.82) is 0 Å². The van der Waals surface area contributed by atoms with Gasteiger partial charge in [0.15, 0.2) is 0 Å². The van der Waals surface area contributed by atoms with E-state index in [1.54, 1.807) is 17.0 Å². The van der Waals surface area contributed by atoms with Crippen molar-refractivity contribution in [2.45, 2.75) is 39.2 Å². The first kappa shape index (κ1) is 16.4. The Morgan fingerprint density at radius 1 is 1.17 bits per heavy atom. The van der Waals surface area contributed by atoms with E-state index in [9.17, 15) is 9.18 Å². The number of carbonyl (C=O) groups is 1. The first-order valence-corrected chi connectivity index (χ1v) is 8.92. The molecule has 126 valence electrons. The lowest BCUT2D eigenvalue weighted by atomic mass is 9.89. The van der Waals surface area contributed by atoms with Crippen LogP contribution in [0.25, 0.3) is 0 Å². The van der Waals surface area contributed by atoms with Gasteiger partial charge in [-0.2, -0.15) is 0 Å². The molecule has 0 spiro atoms. The molecule has 0 aliphatic carbocycles. The number of amides is 1. The van der Waals surface area contributed by atoms with Gasteiger partial charge in [0.05, 0.1) is 19.1 Å². The molecule has 2 saturated heterocycles. The summed E-state index contributed by atoms with van der Waals surface area (Å²) >= 11 is 0. The second-order valence-corrected chi connectivity index (χ2v) is 7.59. The minimum absolute atomic E-state index is 0.0293. The van der Waals surface area contributed by atoms with Gasteiger partial charge < -0.3 is 9.80 Å². The molecule has 0 bridgehead atoms. The lowest BCUT2D eigenvalue weighted by molar-refractivity contribution is -0.938. The van der Waals surface area contributed by atoms with E-state index in [1.807, 2.05) is 4.90 Å². The van der Waals surface area contributed by atoms with E-state index in [-0.39, 0.29) is 11.7 Å². The first-order valence-electron chi connectivity index (χ1n) is 8.92. The molecule has 1 aromatic rings. The Morgan fingerprint density at radius 2 is 1.83 bits per heavy atom. The minimum atomic E-state index is -0.341. The molecular weight excluding hydrogens is 291 g/mol. The Balaban J connectivity index is 1.57. The van der Waals surface area contributed by atoms with Crippen LogP contribution in [0, 0.1) is 17.7 Å². The van der Waals surface area contributed by atoms with Crippen molar-refractivity contribution >= 4 is 5.91 Å². The van der Waals surface area contributed by atoms with Crippen molar-refractivity contribution in [2.24, 2.45) is 11.8 Å². The van der Waals surface area contributed by atoms with E-state index in [0.29, 0.717) is 11.6 Å². The Bertz CT molecular complexity index is 544. The van der Waals surface area contributed by atoms with Crippen molar-refractivity contribution in [3.8, 4) is 0 Å². The zero-order chi connectivity index (χ0) is 16.4. The van der Waals surface area contributed by atoms with Crippen LogP contribution in [0.5, 0.6) is 0 Å². The monoisotopic (exact) mass is 319 g/mol. The molecule has 0 saturated carbocycles. The second kappa shape index (κ2) is 7.00. The topological polar surface area (TPSA) is 24.8 Å². The number of halogens is 1. The fourth-order valence-corrected chi connectivity index (χ4v) is 4.46. The van der Waals surface area contributed by atoms with Gasteiger partial charge in [0.25, 0.3) is 5.91 Å². The number of rotatable bonds is 2. The molecule has 1 aromatic carbocycles. The Hall–Kier alpha value is -1.42. The number of hydrogen-bond donors (Lipinski definition) is 1. The maximum Gasteiger partial charge on any atom is 0.253 e. The molecule has 2 aliphatic rings. The van der Waals surface area contributed by atoms with Crippen LogP contribution in [0.1, 0.15) is 43.5 Å². The highest BCUT2D eigenvalue weighted by molar-refractivity contribution is 5.94. The summed E-state index contributed by atoms with van der Waals surface area (Å²) in [6.07, 6.45) is 3.48. The largest absolute Gasteiger partial charge is 0.338 e. The molecule has 3 rings (SSSR count). The molecule has 23 heavy (non-hydrogen) atoms. The van der Waals surface area contributed by atoms with Gasteiger partial charge in [0, 0.05) is 43.3 Å². The fourth-order valence-electron chi connectivity index (χ4n) is 4.46. The molecule has 1 amide bonds. The molecule has 1 unspecified atom stereocenters. The maximum atomic E-state index is 13.3. The number of nitrogens with one attached hydrogen (secondary N) is 1. The number of carbonyl (C=O) groups excluding carboxylic acids is 1. The van der Waals surface area contributed by atoms with Crippen LogP contribution in [-0.2, 0) is 0 Å². The normalized spacial score (nSPS) is 29.5. The molecule has 2 fully saturated rings. The number of nitrogens with zero attached hydrogens (tertiary/aromatic N) is 1. The number of likely N-dealkylation sites (tertiary alicyclic amines) is 2. The summed E-state index contributed by atoms with van der Waals surface area (Å²) in [7, 11) is 0. The van der Waals surface area contributed by atoms with Crippen LogP contribution in [-0.4, -0.2) is 43.0 Å². The van der Waals surface area contributed by atoms with Crippen LogP contribution in [0.3, 0.4) is 0 Å². The standard InChI is InChI=1S/C19H27FN2O/c1-14-10-15(2)13-22(12-14)18-6-8-21(9-7-18)19(23)16-4-3-5-17(20)11-16/h3-5,11,14-15,18H,6-10,12-13H2,1-2H3/p+1/t14-,15+. The predicted octanol–water partition coefficient (Wildman–Crippen LogP) is 1.99. The van der Waals surface area contributed by atoms with Gasteiger partial charge in [-0.15, -0.1) is 0 Å². The van der Waals surface area contributed by atoms with Crippen LogP contribution < -0.4 is 4.90 Å². The summed E-state index contributed by atoms with van der Waals surface area (Å²) in [5.41, 5.74) is 0.469. The number of quaternary nitrogens is 1. The molecule has 3 atom stereocenters. The van der Waals surface area contributed by atoms with Crippen molar-refractivity contribution in [2.75, 3.05) is 26.2 Å². The third-order valence-electron chi connectivity index (χ3n) is 5.46. The van der Waals surface area contributed by atoms with E-state index >= 15 is 0 Å². The van der Waals surface area contributed by atoms with Gasteiger partial charge >= 0.3 is 0 Å². The summed E-state index contributed by atoms with van der Waals surface area (Å²) in [5.74, 6) is 1.24. The second-order valence-electron chi connectivity index (χ2n) is 7.59. The highest BCUT2D eigenvalue weighted by Gasteiger charge is 2.34. The highest BCUT2D eigenvalue weighted by atomic mass is 19.1. The molecule has 4 heteroatoms. The minimum Gasteiger partial charge on any atom is -0.338 e. The third-order valence-corrected chi connectivity index (χ3v) is 5.46. The molecule has 3 nitrogen and oxygen atoms in total. The summed E-state index contributed by atoms with van der Waals surface area (Å²) in [5, 5.41) is 0. The lowest BCUT2D eigenvalue weighted by Crippen LogP contribution is -3.18. The van der Waals surface area contributed by atoms with Crippen LogP contribution >= 0.6 is 0 Å². The van der Waals surface area contributed by atoms with E-state index in [2.05, 4.69) is 13.8 Å². The van der Waals surface area contributed by atoms with Crippen LogP contribution in [0.4, 0.5) is 4.39 Å². The van der Waals surface area contributed by atoms with Gasteiger partial charge in [-0.1, -0.05) is 19.9 Å². The van der Waals surface area contributed by atoms with Gasteiger partial charge in [0.1, 0.15) is 5.82 Å². The lowest BCUT2D eigenvalue weighted by Gasteiger charge is -2.41. The van der Waals surface area contributed by atoms with E-state index in [1.165, 1.54) is 31.6 Å². The zero-order valence-electron chi connectivity index (χ0n) is 14.2. The van der Waals surface area contributed by atoms with Crippen molar-refractivity contribution in [3.63, 3.8) is 0 Å². The molecule has 2 aliphatic heterocycles. The Morgan fingerprint density at radius 3 is 2.43 bits per heavy atom. The molecule has 2 heterocycles. The Kier molecular flexibility index (Phi) is 5.00. The SMILES string of the molecule is C[C@@H]1C[C@H](C)C[NH+](C2CCN(C(=O)c3cccc(F)c3)CC2)C1. The van der Waals surface area contributed by atoms with Crippen LogP contribution in [0.15, 0.2) is 24.3 Å². The van der Waals surface area contributed by atoms with Gasteiger partial charge in [-0.25, -0.2) is 4.39 Å². The average molecular weight is 319 g/mol. The number of benzene rings is 1. The van der Waals surface area contributed by atoms with Crippen LogP contribution in [0.2, 0.25) is 0 Å². The smallest absolute Gasteiger partial charge is 0.253 e. The quantitative estimate of drug-likeness (QED) is 0.886. The molecule has 0 aromatic heterocycles. The van der Waals surface area contributed by atoms with Crippen molar-refractivity contribution in [3.05, 3.63) is 35.6 Å². The Labute approximate surface area is 138 Å². The average Bonchev–Trinajstić information content (AvgIpc) is 2.53. The van der Waals surface area contributed by atoms with Gasteiger partial charge in [-0.05, 0) is 24.6 Å². The third kappa shape index (κ3) is 3.92. The number of hydrogen-bond acceptors (Lipinski definition) is 1. The highest BCUT2D eigenvalue weighted by Crippen LogP contribution is 2.17. The summed E-state index contributed by atoms with van der Waals surface area (Å²) in [4.78, 5) is 16.1. The van der Waals surface area contributed by atoms with E-state index < -0.39 is 0 Å². The fraction of sp³-hybridized carbons (Fsp3) is 0.632. The zero-order valence-corrected chi connectivity index (χ0v) is 14.2. The van der Waals surface area contributed by atoms with Gasteiger partial charge in [-0.3, -0.25) is 4.79 Å². The number of piperidine rings is 2. The molecule has 1 N–H and O–H groups in total. The van der Waals surface area contributed by atoms with E-state index in [0.717, 1.165) is 37.8 Å². The molecular formula is C19H28FN2O+. The predicted molar refractivity (Wildman–Crippen MR) is 89.0 cm³/mol. The van der Waals surface area contributed by atoms with E-state index in [4.69, 9.17) is 0 Å². The summed E-state index contributed by atoms with van der Waals surface area (Å²) in [6, 6.07) is 6.71. The van der Waals surface area contributed by atoms with Crippen molar-refractivity contribution < 1.29 is 14.1 Å². The van der Waals surface area contributed by atoms with Gasteiger partial charge in [0.2, 0.25) is 0 Å². The maximum absolute atomic E-state index is 13.3. The summed E-state index contributed by atoms with van der Waals surface area (Å²) in [6.45, 7) is 8.86. The summed E-state index contributed by atoms with van der Waals surface area (Å²) < 4.78 is 13.3. The first-order chi connectivity index (χ1) is 11.0. The van der Waals surface area contributed by atoms with Crippen molar-refractivity contribution in [1.82, 2.24) is 4.90 Å².